The molecule has 0 aromatic heterocycles. The molecule has 0 amide bonds. The quantitative estimate of drug-likeness (QED) is 0.0254. The van der Waals surface area contributed by atoms with Crippen LogP contribution < -0.4 is 0 Å². The van der Waals surface area contributed by atoms with Crippen molar-refractivity contribution < 1.29 is 34.3 Å². The van der Waals surface area contributed by atoms with Gasteiger partial charge in [-0.3, -0.25) is 8.37 Å². The summed E-state index contributed by atoms with van der Waals surface area (Å²) < 4.78 is 75.1. The first kappa shape index (κ1) is 84.2. The summed E-state index contributed by atoms with van der Waals surface area (Å²) in [4.78, 5) is 0. The molecule has 0 rings (SSSR count). The van der Waals surface area contributed by atoms with Crippen molar-refractivity contribution in [2.24, 2.45) is 11.8 Å². The molecule has 11 heteroatoms. The first-order valence-corrected chi connectivity index (χ1v) is 37.9. The molecule has 0 heterocycles. The van der Waals surface area contributed by atoms with Gasteiger partial charge in [0.05, 0.1) is 13.2 Å². The molecule has 0 N–H and O–H groups in total. The topological polar surface area (TPSA) is 133 Å². The zero-order chi connectivity index (χ0) is 57.4. The Morgan fingerprint density at radius 2 is 0.342 bits per heavy atom. The minimum atomic E-state index is -4.59. The molecule has 0 aromatic carbocycles. The Hall–Kier alpha value is 1.000. The SMILES string of the molecule is CCCCCCCCCCCCCCCCCC(CCCCCCCCCCCCCCC)COS(=O)(=O)[O-].CCCCCCCCCCCCCCCCCC(CCCCCCCCCCCCCCC)COS(=O)(=O)[O-].[Ca+2]. The summed E-state index contributed by atoms with van der Waals surface area (Å²) in [5, 5.41) is 0. The van der Waals surface area contributed by atoms with Crippen LogP contribution in [0.3, 0.4) is 0 Å². The van der Waals surface area contributed by atoms with E-state index in [0.29, 0.717) is 0 Å². The number of rotatable bonds is 66. The zero-order valence-corrected chi connectivity index (χ0v) is 57.6. The second-order valence-electron chi connectivity index (χ2n) is 24.7. The van der Waals surface area contributed by atoms with E-state index < -0.39 is 20.8 Å². The van der Waals surface area contributed by atoms with Crippen molar-refractivity contribution in [3.05, 3.63) is 0 Å². The van der Waals surface area contributed by atoms with E-state index in [1.807, 2.05) is 0 Å². The minimum absolute atomic E-state index is 0. The van der Waals surface area contributed by atoms with E-state index >= 15 is 0 Å². The van der Waals surface area contributed by atoms with Crippen molar-refractivity contribution in [2.45, 2.75) is 413 Å². The molecule has 0 aliphatic rings. The molecule has 0 fully saturated rings. The zero-order valence-electron chi connectivity index (χ0n) is 53.8. The number of unbranched alkanes of at least 4 members (excludes halogenated alkanes) is 52. The summed E-state index contributed by atoms with van der Waals surface area (Å²) in [7, 11) is -9.17. The van der Waals surface area contributed by atoms with Crippen molar-refractivity contribution in [1.29, 1.82) is 0 Å². The summed E-state index contributed by atoms with van der Waals surface area (Å²) in [6, 6.07) is 0. The monoisotopic (exact) mass is 1190 g/mol. The van der Waals surface area contributed by atoms with Crippen LogP contribution in [0, 0.1) is 11.8 Å². The van der Waals surface area contributed by atoms with E-state index in [1.165, 1.54) is 334 Å². The standard InChI is InChI=1S/2C34H70O4S.Ca/c2*1-3-5-7-9-11-13-15-17-18-20-22-24-26-28-30-32-34(33-38-39(35,36)37)31-29-27-25-23-21-19-16-14-12-10-8-6-4-2;/h2*34H,3-33H2,1-2H3,(H,35,36,37);/q;;+2/p-2. The molecule has 0 aliphatic carbocycles. The van der Waals surface area contributed by atoms with Gasteiger partial charge in [-0.15, -0.1) is 0 Å². The Bertz CT molecular complexity index is 1230. The number of hydrogen-bond acceptors (Lipinski definition) is 8. The van der Waals surface area contributed by atoms with E-state index in [-0.39, 0.29) is 62.8 Å². The first-order valence-electron chi connectivity index (χ1n) is 35.2. The molecule has 0 saturated carbocycles. The van der Waals surface area contributed by atoms with Crippen LogP contribution in [-0.4, -0.2) is 76.9 Å². The Morgan fingerprint density at radius 3 is 0.456 bits per heavy atom. The molecule has 0 bridgehead atoms. The van der Waals surface area contributed by atoms with Crippen LogP contribution in [0.4, 0.5) is 0 Å². The first-order chi connectivity index (χ1) is 38.0. The van der Waals surface area contributed by atoms with Gasteiger partial charge in [-0.25, -0.2) is 16.8 Å². The molecule has 0 aromatic rings. The van der Waals surface area contributed by atoms with Crippen LogP contribution in [0.5, 0.6) is 0 Å². The molecule has 2 unspecified atom stereocenters. The normalized spacial score (nSPS) is 12.6. The fourth-order valence-electron chi connectivity index (χ4n) is 11.5. The van der Waals surface area contributed by atoms with Crippen molar-refractivity contribution in [1.82, 2.24) is 0 Å². The molecule has 0 spiro atoms. The third-order valence-corrected chi connectivity index (χ3v) is 17.6. The summed E-state index contributed by atoms with van der Waals surface area (Å²) in [6.07, 6.45) is 79.0. The van der Waals surface area contributed by atoms with Crippen molar-refractivity contribution >= 4 is 58.5 Å². The van der Waals surface area contributed by atoms with Gasteiger partial charge < -0.3 is 9.11 Å². The maximum atomic E-state index is 11.0. The van der Waals surface area contributed by atoms with Crippen molar-refractivity contribution in [3.8, 4) is 0 Å². The molecule has 0 radical (unpaired) electrons. The largest absolute Gasteiger partial charge is 2.00 e. The van der Waals surface area contributed by atoms with Gasteiger partial charge in [-0.05, 0) is 37.5 Å². The van der Waals surface area contributed by atoms with Crippen LogP contribution in [0.25, 0.3) is 0 Å². The van der Waals surface area contributed by atoms with E-state index in [0.717, 1.165) is 51.4 Å². The summed E-state index contributed by atoms with van der Waals surface area (Å²) in [5.41, 5.74) is 0. The molecular formula is C68H138CaO8S2. The predicted octanol–water partition coefficient (Wildman–Crippen LogP) is 23.3. The van der Waals surface area contributed by atoms with E-state index in [9.17, 15) is 25.9 Å². The van der Waals surface area contributed by atoms with E-state index in [4.69, 9.17) is 0 Å². The molecule has 8 nitrogen and oxygen atoms in total. The van der Waals surface area contributed by atoms with Gasteiger partial charge in [0.1, 0.15) is 0 Å². The fraction of sp³-hybridized carbons (Fsp3) is 1.00. The Labute approximate surface area is 526 Å². The third kappa shape index (κ3) is 79.0. The van der Waals surface area contributed by atoms with Gasteiger partial charge in [0, 0.05) is 0 Å². The second kappa shape index (κ2) is 69.8. The van der Waals surface area contributed by atoms with Gasteiger partial charge >= 0.3 is 37.7 Å². The maximum Gasteiger partial charge on any atom is 2.00 e. The Balaban J connectivity index is -0.00000144. The smallest absolute Gasteiger partial charge is 0.726 e. The van der Waals surface area contributed by atoms with Crippen molar-refractivity contribution in [2.75, 3.05) is 13.2 Å². The molecule has 2 atom stereocenters. The average Bonchev–Trinajstić information content (AvgIpc) is 3.41. The maximum absolute atomic E-state index is 11.0. The summed E-state index contributed by atoms with van der Waals surface area (Å²) in [5.74, 6) is 0.395. The molecule has 0 aliphatic heterocycles. The second-order valence-corrected chi connectivity index (χ2v) is 26.8. The van der Waals surface area contributed by atoms with Crippen LogP contribution in [0.2, 0.25) is 0 Å². The van der Waals surface area contributed by atoms with Crippen molar-refractivity contribution in [3.63, 3.8) is 0 Å². The molecule has 472 valence electrons. The van der Waals surface area contributed by atoms with E-state index in [1.54, 1.807) is 0 Å². The van der Waals surface area contributed by atoms with Gasteiger partial charge in [0.25, 0.3) is 0 Å². The Kier molecular flexibility index (Phi) is 74.4. The minimum Gasteiger partial charge on any atom is -0.726 e. The predicted molar refractivity (Wildman–Crippen MR) is 344 cm³/mol. The van der Waals surface area contributed by atoms with Gasteiger partial charge in [0.2, 0.25) is 20.8 Å². The fourth-order valence-corrected chi connectivity index (χ4v) is 12.2. The van der Waals surface area contributed by atoms with Crippen LogP contribution >= 0.6 is 0 Å². The summed E-state index contributed by atoms with van der Waals surface area (Å²) >= 11 is 0. The van der Waals surface area contributed by atoms with Crippen LogP contribution in [-0.2, 0) is 29.2 Å². The van der Waals surface area contributed by atoms with Crippen LogP contribution in [0.15, 0.2) is 0 Å². The molecule has 0 saturated heterocycles. The third-order valence-electron chi connectivity index (χ3n) is 16.8. The number of hydrogen-bond donors (Lipinski definition) is 0. The Morgan fingerprint density at radius 1 is 0.228 bits per heavy atom. The average molecular weight is 1190 g/mol. The van der Waals surface area contributed by atoms with Gasteiger partial charge in [-0.1, -0.05) is 387 Å². The molecule has 79 heavy (non-hydrogen) atoms. The van der Waals surface area contributed by atoms with Crippen LogP contribution in [0.1, 0.15) is 413 Å². The van der Waals surface area contributed by atoms with Gasteiger partial charge in [-0.2, -0.15) is 0 Å². The summed E-state index contributed by atoms with van der Waals surface area (Å²) in [6.45, 7) is 9.24. The molecular weight excluding hydrogens is 1050 g/mol. The van der Waals surface area contributed by atoms with E-state index in [2.05, 4.69) is 36.1 Å². The van der Waals surface area contributed by atoms with Gasteiger partial charge in [0.15, 0.2) is 0 Å².